The van der Waals surface area contributed by atoms with Crippen LogP contribution in [0.15, 0.2) is 30.3 Å². The van der Waals surface area contributed by atoms with Crippen molar-refractivity contribution < 1.29 is 4.74 Å². The first-order valence-electron chi connectivity index (χ1n) is 6.53. The summed E-state index contributed by atoms with van der Waals surface area (Å²) in [4.78, 5) is 0. The fraction of sp³-hybridized carbons (Fsp3) is 0.600. The third kappa shape index (κ3) is 3.83. The van der Waals surface area contributed by atoms with Crippen LogP contribution in [0.4, 0.5) is 0 Å². The van der Waals surface area contributed by atoms with E-state index in [9.17, 15) is 0 Å². The van der Waals surface area contributed by atoms with Gasteiger partial charge in [0, 0.05) is 25.7 Å². The van der Waals surface area contributed by atoms with Gasteiger partial charge in [-0.2, -0.15) is 0 Å². The van der Waals surface area contributed by atoms with Crippen molar-refractivity contribution in [3.8, 4) is 0 Å². The summed E-state index contributed by atoms with van der Waals surface area (Å²) in [5.41, 5.74) is 7.56. The lowest BCUT2D eigenvalue weighted by Crippen LogP contribution is -2.34. The predicted molar refractivity (Wildman–Crippen MR) is 73.2 cm³/mol. The van der Waals surface area contributed by atoms with Crippen LogP contribution >= 0.6 is 0 Å². The van der Waals surface area contributed by atoms with Gasteiger partial charge in [0.25, 0.3) is 0 Å². The van der Waals surface area contributed by atoms with Crippen LogP contribution in [0.25, 0.3) is 0 Å². The Morgan fingerprint density at radius 1 is 1.18 bits per heavy atom. The first-order valence-corrected chi connectivity index (χ1v) is 6.53. The lowest BCUT2D eigenvalue weighted by Gasteiger charge is -2.32. The number of unbranched alkanes of at least 4 members (excludes halogenated alkanes) is 1. The first-order chi connectivity index (χ1) is 8.29. The van der Waals surface area contributed by atoms with E-state index in [1.165, 1.54) is 12.0 Å². The van der Waals surface area contributed by atoms with E-state index in [-0.39, 0.29) is 5.41 Å². The Morgan fingerprint density at radius 2 is 1.88 bits per heavy atom. The van der Waals surface area contributed by atoms with Gasteiger partial charge < -0.3 is 10.5 Å². The Bertz CT molecular complexity index is 293. The third-order valence-corrected chi connectivity index (χ3v) is 3.71. The van der Waals surface area contributed by atoms with Gasteiger partial charge >= 0.3 is 0 Å². The lowest BCUT2D eigenvalue weighted by atomic mass is 9.74. The van der Waals surface area contributed by atoms with Crippen molar-refractivity contribution in [3.05, 3.63) is 35.9 Å². The molecule has 96 valence electrons. The quantitative estimate of drug-likeness (QED) is 0.703. The summed E-state index contributed by atoms with van der Waals surface area (Å²) in [6.45, 7) is 3.80. The summed E-state index contributed by atoms with van der Waals surface area (Å²) >= 11 is 0. The maximum atomic E-state index is 6.03. The van der Waals surface area contributed by atoms with Crippen LogP contribution in [0.1, 0.15) is 38.2 Å². The zero-order valence-electron chi connectivity index (χ0n) is 11.1. The van der Waals surface area contributed by atoms with E-state index in [4.69, 9.17) is 10.5 Å². The molecule has 0 aliphatic heterocycles. The van der Waals surface area contributed by atoms with Crippen LogP contribution in [0, 0.1) is 0 Å². The van der Waals surface area contributed by atoms with Gasteiger partial charge in [0.2, 0.25) is 0 Å². The predicted octanol–water partition coefficient (Wildman–Crippen LogP) is 3.11. The molecule has 0 aliphatic carbocycles. The van der Waals surface area contributed by atoms with Crippen LogP contribution in [0.5, 0.6) is 0 Å². The number of rotatable bonds is 8. The van der Waals surface area contributed by atoms with Gasteiger partial charge in [0.05, 0.1) is 0 Å². The van der Waals surface area contributed by atoms with Gasteiger partial charge in [-0.05, 0) is 24.8 Å². The number of ether oxygens (including phenoxy) is 1. The average Bonchev–Trinajstić information content (AvgIpc) is 2.41. The summed E-state index contributed by atoms with van der Waals surface area (Å²) in [5.74, 6) is 0. The summed E-state index contributed by atoms with van der Waals surface area (Å²) in [6, 6.07) is 10.7. The van der Waals surface area contributed by atoms with Gasteiger partial charge in [0.1, 0.15) is 0 Å². The second kappa shape index (κ2) is 7.46. The molecule has 1 unspecified atom stereocenters. The van der Waals surface area contributed by atoms with E-state index in [0.29, 0.717) is 0 Å². The Labute approximate surface area is 105 Å². The van der Waals surface area contributed by atoms with Crippen molar-refractivity contribution in [2.24, 2.45) is 5.73 Å². The zero-order valence-corrected chi connectivity index (χ0v) is 11.1. The van der Waals surface area contributed by atoms with Crippen LogP contribution < -0.4 is 5.73 Å². The molecule has 0 aromatic heterocycles. The molecule has 0 spiro atoms. The molecule has 2 N–H and O–H groups in total. The normalized spacial score (nSPS) is 14.5. The standard InChI is InChI=1S/C15H25NO/c1-3-15(13-16,11-7-8-12-17-2)14-9-5-4-6-10-14/h4-6,9-10H,3,7-8,11-13,16H2,1-2H3. The molecule has 0 heterocycles. The summed E-state index contributed by atoms with van der Waals surface area (Å²) in [5, 5.41) is 0. The van der Waals surface area contributed by atoms with Crippen molar-refractivity contribution >= 4 is 0 Å². The lowest BCUT2D eigenvalue weighted by molar-refractivity contribution is 0.188. The van der Waals surface area contributed by atoms with Crippen molar-refractivity contribution in [1.29, 1.82) is 0 Å². The highest BCUT2D eigenvalue weighted by atomic mass is 16.5. The molecule has 17 heavy (non-hydrogen) atoms. The molecule has 2 heteroatoms. The van der Waals surface area contributed by atoms with Crippen LogP contribution in [-0.4, -0.2) is 20.3 Å². The zero-order chi connectivity index (χ0) is 12.6. The molecular weight excluding hydrogens is 210 g/mol. The Balaban J connectivity index is 2.68. The van der Waals surface area contributed by atoms with Crippen molar-refractivity contribution in [2.45, 2.75) is 38.0 Å². The molecule has 1 atom stereocenters. The van der Waals surface area contributed by atoms with Crippen molar-refractivity contribution in [3.63, 3.8) is 0 Å². The second-order valence-corrected chi connectivity index (χ2v) is 4.65. The maximum Gasteiger partial charge on any atom is 0.0462 e. The molecule has 0 saturated carbocycles. The first kappa shape index (κ1) is 14.2. The summed E-state index contributed by atoms with van der Waals surface area (Å²) in [7, 11) is 1.76. The van der Waals surface area contributed by atoms with Gasteiger partial charge in [0.15, 0.2) is 0 Å². The monoisotopic (exact) mass is 235 g/mol. The highest BCUT2D eigenvalue weighted by molar-refractivity contribution is 5.25. The number of hydrogen-bond donors (Lipinski definition) is 1. The molecule has 0 radical (unpaired) electrons. The van der Waals surface area contributed by atoms with Gasteiger partial charge in [-0.25, -0.2) is 0 Å². The molecule has 0 aliphatic rings. The Morgan fingerprint density at radius 3 is 2.41 bits per heavy atom. The molecule has 1 aromatic rings. The molecular formula is C15H25NO. The number of hydrogen-bond acceptors (Lipinski definition) is 2. The molecule has 0 bridgehead atoms. The molecule has 0 saturated heterocycles. The fourth-order valence-corrected chi connectivity index (χ4v) is 2.39. The van der Waals surface area contributed by atoms with E-state index in [0.717, 1.165) is 32.4 Å². The van der Waals surface area contributed by atoms with E-state index in [1.807, 2.05) is 0 Å². The molecule has 0 amide bonds. The number of methoxy groups -OCH3 is 1. The topological polar surface area (TPSA) is 35.2 Å². The summed E-state index contributed by atoms with van der Waals surface area (Å²) < 4.78 is 5.10. The smallest absolute Gasteiger partial charge is 0.0462 e. The molecule has 1 rings (SSSR count). The molecule has 1 aromatic carbocycles. The second-order valence-electron chi connectivity index (χ2n) is 4.65. The molecule has 2 nitrogen and oxygen atoms in total. The van der Waals surface area contributed by atoms with E-state index in [2.05, 4.69) is 37.3 Å². The van der Waals surface area contributed by atoms with Crippen LogP contribution in [-0.2, 0) is 10.2 Å². The minimum atomic E-state index is 0.148. The van der Waals surface area contributed by atoms with Gasteiger partial charge in [-0.15, -0.1) is 0 Å². The van der Waals surface area contributed by atoms with Crippen LogP contribution in [0.2, 0.25) is 0 Å². The van der Waals surface area contributed by atoms with Gasteiger partial charge in [-0.1, -0.05) is 43.7 Å². The summed E-state index contributed by atoms with van der Waals surface area (Å²) in [6.07, 6.45) is 4.53. The number of benzene rings is 1. The number of nitrogens with two attached hydrogens (primary N) is 1. The van der Waals surface area contributed by atoms with E-state index >= 15 is 0 Å². The highest BCUT2D eigenvalue weighted by Crippen LogP contribution is 2.32. The van der Waals surface area contributed by atoms with E-state index < -0.39 is 0 Å². The minimum Gasteiger partial charge on any atom is -0.385 e. The molecule has 0 fully saturated rings. The fourth-order valence-electron chi connectivity index (χ4n) is 2.39. The Kier molecular flexibility index (Phi) is 6.23. The van der Waals surface area contributed by atoms with Crippen molar-refractivity contribution in [2.75, 3.05) is 20.3 Å². The highest BCUT2D eigenvalue weighted by Gasteiger charge is 2.27. The average molecular weight is 235 g/mol. The third-order valence-electron chi connectivity index (χ3n) is 3.71. The van der Waals surface area contributed by atoms with Gasteiger partial charge in [-0.3, -0.25) is 0 Å². The Hall–Kier alpha value is -0.860. The SMILES string of the molecule is CCC(CN)(CCCCOC)c1ccccc1. The van der Waals surface area contributed by atoms with E-state index in [1.54, 1.807) is 7.11 Å². The largest absolute Gasteiger partial charge is 0.385 e. The van der Waals surface area contributed by atoms with Crippen LogP contribution in [0.3, 0.4) is 0 Å². The van der Waals surface area contributed by atoms with Crippen molar-refractivity contribution in [1.82, 2.24) is 0 Å². The maximum absolute atomic E-state index is 6.03. The minimum absolute atomic E-state index is 0.148.